The first-order chi connectivity index (χ1) is 15.3. The number of hydrogen-bond donors (Lipinski definition) is 1. The third kappa shape index (κ3) is 6.02. The van der Waals surface area contributed by atoms with E-state index < -0.39 is 11.7 Å². The molecule has 3 nitrogen and oxygen atoms in total. The van der Waals surface area contributed by atoms with Crippen molar-refractivity contribution in [3.05, 3.63) is 119 Å². The van der Waals surface area contributed by atoms with E-state index in [1.165, 1.54) is 55.6 Å². The molecular formula is C28H26O3S. The number of hydrogen-bond acceptors (Lipinski definition) is 2. The summed E-state index contributed by atoms with van der Waals surface area (Å²) in [4.78, 5) is 14.3. The van der Waals surface area contributed by atoms with E-state index in [-0.39, 0.29) is 16.5 Å². The monoisotopic (exact) mass is 442 g/mol. The van der Waals surface area contributed by atoms with Crippen molar-refractivity contribution in [1.82, 2.24) is 0 Å². The maximum absolute atomic E-state index is 10.7. The summed E-state index contributed by atoms with van der Waals surface area (Å²) < 4.78 is 0. The second-order valence-corrected chi connectivity index (χ2v) is 9.57. The molecule has 4 aromatic rings. The summed E-state index contributed by atoms with van der Waals surface area (Å²) >= 11 is 0. The Bertz CT molecular complexity index is 1060. The van der Waals surface area contributed by atoms with E-state index in [9.17, 15) is 9.90 Å². The van der Waals surface area contributed by atoms with Crippen LogP contribution in [0, 0.1) is 20.8 Å². The molecule has 0 fully saturated rings. The average Bonchev–Trinajstić information content (AvgIpc) is 2.78. The topological polar surface area (TPSA) is 60.4 Å². The summed E-state index contributed by atoms with van der Waals surface area (Å²) in [5.41, 5.74) is 3.74. The maximum atomic E-state index is 10.7. The first-order valence-corrected chi connectivity index (χ1v) is 11.5. The van der Waals surface area contributed by atoms with Crippen molar-refractivity contribution in [2.24, 2.45) is 0 Å². The summed E-state index contributed by atoms with van der Waals surface area (Å²) in [7, 11) is -0.0394. The molecule has 0 heterocycles. The van der Waals surface area contributed by atoms with Gasteiger partial charge in [0.25, 0.3) is 0 Å². The van der Waals surface area contributed by atoms with Crippen LogP contribution in [0.25, 0.3) is 0 Å². The fraction of sp³-hybridized carbons (Fsp3) is 0.107. The van der Waals surface area contributed by atoms with Crippen molar-refractivity contribution in [3.63, 3.8) is 0 Å². The van der Waals surface area contributed by atoms with Gasteiger partial charge < -0.3 is 10.2 Å². The number of para-hydroxylation sites is 1. The van der Waals surface area contributed by atoms with Gasteiger partial charge in [0.15, 0.2) is 14.7 Å². The first-order valence-electron chi connectivity index (χ1n) is 10.3. The van der Waals surface area contributed by atoms with Gasteiger partial charge in [-0.25, -0.2) is 4.79 Å². The SMILES string of the molecule is Cc1ccc([S+](c2ccc(C)cc2)c2ccc(C)cc2)cc1.O=C(O)c1ccccc1[O-]. The molecule has 32 heavy (non-hydrogen) atoms. The van der Waals surface area contributed by atoms with E-state index in [4.69, 9.17) is 5.11 Å². The Hall–Kier alpha value is -3.50. The molecule has 0 aliphatic heterocycles. The molecule has 0 radical (unpaired) electrons. The van der Waals surface area contributed by atoms with Crippen LogP contribution in [0.1, 0.15) is 27.0 Å². The highest BCUT2D eigenvalue weighted by molar-refractivity contribution is 7.97. The lowest BCUT2D eigenvalue weighted by Crippen LogP contribution is -2.04. The highest BCUT2D eigenvalue weighted by atomic mass is 32.2. The summed E-state index contributed by atoms with van der Waals surface area (Å²) in [6.45, 7) is 6.42. The van der Waals surface area contributed by atoms with Crippen LogP contribution in [0.5, 0.6) is 5.75 Å². The maximum Gasteiger partial charge on any atom is 0.335 e. The molecule has 0 saturated carbocycles. The van der Waals surface area contributed by atoms with Crippen molar-refractivity contribution in [2.45, 2.75) is 35.5 Å². The molecule has 4 rings (SSSR count). The molecule has 0 aromatic heterocycles. The summed E-state index contributed by atoms with van der Waals surface area (Å²) in [6.07, 6.45) is 0. The Morgan fingerprint density at radius 3 is 1.25 bits per heavy atom. The molecule has 0 aliphatic carbocycles. The molecule has 0 unspecified atom stereocenters. The third-order valence-corrected chi connectivity index (χ3v) is 7.12. The van der Waals surface area contributed by atoms with Crippen molar-refractivity contribution in [1.29, 1.82) is 0 Å². The highest BCUT2D eigenvalue weighted by Gasteiger charge is 2.28. The normalized spacial score (nSPS) is 10.4. The predicted molar refractivity (Wildman–Crippen MR) is 129 cm³/mol. The van der Waals surface area contributed by atoms with Crippen molar-refractivity contribution in [3.8, 4) is 5.75 Å². The van der Waals surface area contributed by atoms with Crippen molar-refractivity contribution >= 4 is 16.9 Å². The smallest absolute Gasteiger partial charge is 0.335 e. The van der Waals surface area contributed by atoms with Crippen LogP contribution in [0.3, 0.4) is 0 Å². The van der Waals surface area contributed by atoms with E-state index in [0.717, 1.165) is 0 Å². The molecule has 0 spiro atoms. The molecule has 0 aliphatic rings. The number of aromatic carboxylic acids is 1. The number of carboxylic acid groups (broad SMARTS) is 1. The van der Waals surface area contributed by atoms with Crippen LogP contribution in [0.15, 0.2) is 112 Å². The first kappa shape index (κ1) is 23.2. The number of rotatable bonds is 4. The Balaban J connectivity index is 0.000000243. The van der Waals surface area contributed by atoms with Gasteiger partial charge in [-0.1, -0.05) is 77.0 Å². The Morgan fingerprint density at radius 2 is 0.969 bits per heavy atom. The van der Waals surface area contributed by atoms with Crippen LogP contribution in [-0.4, -0.2) is 11.1 Å². The lowest BCUT2D eigenvalue weighted by Gasteiger charge is -2.09. The molecule has 0 saturated heterocycles. The van der Waals surface area contributed by atoms with Gasteiger partial charge in [-0.05, 0) is 63.2 Å². The zero-order chi connectivity index (χ0) is 23.1. The van der Waals surface area contributed by atoms with Gasteiger partial charge in [-0.2, -0.15) is 0 Å². The Labute approximate surface area is 192 Å². The van der Waals surface area contributed by atoms with Gasteiger partial charge in [0.2, 0.25) is 0 Å². The number of benzene rings is 4. The van der Waals surface area contributed by atoms with Crippen molar-refractivity contribution < 1.29 is 15.0 Å². The van der Waals surface area contributed by atoms with Gasteiger partial charge in [0.1, 0.15) is 0 Å². The largest absolute Gasteiger partial charge is 0.872 e. The summed E-state index contributed by atoms with van der Waals surface area (Å²) in [5, 5.41) is 19.0. The summed E-state index contributed by atoms with van der Waals surface area (Å²) in [6, 6.07) is 32.3. The highest BCUT2D eigenvalue weighted by Crippen LogP contribution is 2.31. The van der Waals surface area contributed by atoms with Gasteiger partial charge in [0, 0.05) is 0 Å². The number of carbonyl (C=O) groups is 1. The van der Waals surface area contributed by atoms with Gasteiger partial charge in [0.05, 0.1) is 16.5 Å². The Morgan fingerprint density at radius 1 is 0.625 bits per heavy atom. The lowest BCUT2D eigenvalue weighted by molar-refractivity contribution is -0.268. The van der Waals surface area contributed by atoms with E-state index in [2.05, 4.69) is 93.6 Å². The molecule has 4 heteroatoms. The summed E-state index contributed by atoms with van der Waals surface area (Å²) in [5.74, 6) is -1.62. The standard InChI is InChI=1S/C21H21S.C7H6O3/c1-16-4-10-19(11-5-16)22(20-12-6-17(2)7-13-20)21-14-8-18(3)9-15-21;8-6-4-2-1-3-5(6)7(9)10/h4-15H,1-3H3;1-4,8H,(H,9,10)/q+1;/p-1. The predicted octanol–water partition coefficient (Wildman–Crippen LogP) is 6.17. The number of carboxylic acids is 1. The van der Waals surface area contributed by atoms with E-state index in [1.54, 1.807) is 0 Å². The van der Waals surface area contributed by atoms with Gasteiger partial charge in [-0.15, -0.1) is 0 Å². The zero-order valence-electron chi connectivity index (χ0n) is 18.4. The van der Waals surface area contributed by atoms with Crippen LogP contribution in [0.2, 0.25) is 0 Å². The average molecular weight is 443 g/mol. The van der Waals surface area contributed by atoms with Crippen LogP contribution in [0.4, 0.5) is 0 Å². The van der Waals surface area contributed by atoms with Crippen LogP contribution < -0.4 is 5.11 Å². The minimum atomic E-state index is -1.18. The molecule has 0 atom stereocenters. The molecule has 4 aromatic carbocycles. The minimum absolute atomic E-state index is 0.0394. The fourth-order valence-corrected chi connectivity index (χ4v) is 5.12. The third-order valence-electron chi connectivity index (χ3n) is 4.89. The van der Waals surface area contributed by atoms with E-state index >= 15 is 0 Å². The lowest BCUT2D eigenvalue weighted by atomic mass is 10.2. The van der Waals surface area contributed by atoms with Crippen LogP contribution in [-0.2, 0) is 10.9 Å². The number of aryl methyl sites for hydroxylation is 3. The Kier molecular flexibility index (Phi) is 7.74. The van der Waals surface area contributed by atoms with Gasteiger partial charge in [-0.3, -0.25) is 0 Å². The zero-order valence-corrected chi connectivity index (χ0v) is 19.2. The molecule has 0 amide bonds. The van der Waals surface area contributed by atoms with E-state index in [0.29, 0.717) is 0 Å². The van der Waals surface area contributed by atoms with Gasteiger partial charge >= 0.3 is 5.97 Å². The molecule has 0 bridgehead atoms. The quantitative estimate of drug-likeness (QED) is 0.385. The fourth-order valence-electron chi connectivity index (χ4n) is 3.07. The molecule has 1 N–H and O–H groups in total. The van der Waals surface area contributed by atoms with Crippen molar-refractivity contribution in [2.75, 3.05) is 0 Å². The second-order valence-electron chi connectivity index (χ2n) is 7.55. The molecule has 162 valence electrons. The van der Waals surface area contributed by atoms with Crippen LogP contribution >= 0.6 is 0 Å². The molecular weight excluding hydrogens is 416 g/mol. The van der Waals surface area contributed by atoms with E-state index in [1.807, 2.05) is 0 Å². The second kappa shape index (κ2) is 10.7. The minimum Gasteiger partial charge on any atom is -0.872 e.